The summed E-state index contributed by atoms with van der Waals surface area (Å²) in [5, 5.41) is 3.56. The van der Waals surface area contributed by atoms with Gasteiger partial charge in [-0.3, -0.25) is 14.5 Å². The van der Waals surface area contributed by atoms with Gasteiger partial charge in [0.15, 0.2) is 0 Å². The van der Waals surface area contributed by atoms with Crippen molar-refractivity contribution in [3.8, 4) is 0 Å². The molecule has 6 nitrogen and oxygen atoms in total. The van der Waals surface area contributed by atoms with Crippen molar-refractivity contribution in [2.24, 2.45) is 0 Å². The highest BCUT2D eigenvalue weighted by atomic mass is 16.2. The highest BCUT2D eigenvalue weighted by molar-refractivity contribution is 5.93. The average molecular weight is 364 g/mol. The molecule has 2 N–H and O–H groups in total. The number of nitrogens with one attached hydrogen (secondary N) is 2. The van der Waals surface area contributed by atoms with Crippen molar-refractivity contribution in [3.63, 3.8) is 0 Å². The molecular weight excluding hydrogens is 340 g/mol. The van der Waals surface area contributed by atoms with E-state index in [1.54, 1.807) is 6.07 Å². The van der Waals surface area contributed by atoms with Crippen LogP contribution in [0.3, 0.4) is 0 Å². The molecule has 0 saturated heterocycles. The summed E-state index contributed by atoms with van der Waals surface area (Å²) in [4.78, 5) is 34.0. The fourth-order valence-corrected chi connectivity index (χ4v) is 3.09. The molecule has 1 heterocycles. The number of para-hydroxylation sites is 2. The molecule has 0 fully saturated rings. The lowest BCUT2D eigenvalue weighted by molar-refractivity contribution is -0.117. The topological polar surface area (TPSA) is 78.1 Å². The molecule has 0 atom stereocenters. The van der Waals surface area contributed by atoms with Crippen molar-refractivity contribution in [2.75, 3.05) is 18.4 Å². The Bertz CT molecular complexity index is 1010. The van der Waals surface area contributed by atoms with E-state index in [0.29, 0.717) is 29.8 Å². The van der Waals surface area contributed by atoms with E-state index < -0.39 is 0 Å². The molecule has 0 aliphatic heterocycles. The van der Waals surface area contributed by atoms with Gasteiger partial charge < -0.3 is 10.3 Å². The van der Waals surface area contributed by atoms with Gasteiger partial charge in [0.05, 0.1) is 24.0 Å². The van der Waals surface area contributed by atoms with E-state index in [-0.39, 0.29) is 18.0 Å². The summed E-state index contributed by atoms with van der Waals surface area (Å²) in [5.41, 5.74) is 3.42. The van der Waals surface area contributed by atoms with Crippen LogP contribution in [0.5, 0.6) is 0 Å². The number of fused-ring (bicyclic) bond motifs is 1. The van der Waals surface area contributed by atoms with Gasteiger partial charge in [0, 0.05) is 5.69 Å². The van der Waals surface area contributed by atoms with Crippen LogP contribution in [0.2, 0.25) is 0 Å². The van der Waals surface area contributed by atoms with Gasteiger partial charge in [-0.05, 0) is 43.7 Å². The van der Waals surface area contributed by atoms with Gasteiger partial charge in [0.25, 0.3) is 5.56 Å². The number of carbonyl (C=O) groups is 1. The molecule has 1 aromatic heterocycles. The predicted octanol–water partition coefficient (Wildman–Crippen LogP) is 3.00. The van der Waals surface area contributed by atoms with Gasteiger partial charge in [-0.25, -0.2) is 4.98 Å². The van der Waals surface area contributed by atoms with E-state index in [1.807, 2.05) is 62.1 Å². The molecule has 3 rings (SSSR count). The zero-order valence-electron chi connectivity index (χ0n) is 15.9. The maximum atomic E-state index is 12.5. The standard InChI is InChI=1S/C21H24N4O2/c1-4-25(13-19(26)24-20-14(2)8-7-9-15(20)3)12-18-22-17-11-6-5-10-16(17)21(27)23-18/h5-11H,4,12-13H2,1-3H3,(H,24,26)(H,22,23,27). The van der Waals surface area contributed by atoms with Crippen LogP contribution in [0.25, 0.3) is 10.9 Å². The molecule has 140 valence electrons. The Labute approximate surface area is 158 Å². The SMILES string of the molecule is CCN(CC(=O)Nc1c(C)cccc1C)Cc1nc2ccccc2c(=O)[nH]1. The number of amides is 1. The van der Waals surface area contributed by atoms with E-state index in [4.69, 9.17) is 0 Å². The van der Waals surface area contributed by atoms with Crippen molar-refractivity contribution in [1.29, 1.82) is 0 Å². The molecule has 0 spiro atoms. The zero-order valence-corrected chi connectivity index (χ0v) is 15.9. The van der Waals surface area contributed by atoms with Crippen LogP contribution in [0, 0.1) is 13.8 Å². The minimum atomic E-state index is -0.161. The maximum Gasteiger partial charge on any atom is 0.258 e. The fourth-order valence-electron chi connectivity index (χ4n) is 3.09. The van der Waals surface area contributed by atoms with E-state index >= 15 is 0 Å². The summed E-state index contributed by atoms with van der Waals surface area (Å²) in [6, 6.07) is 13.2. The lowest BCUT2D eigenvalue weighted by Gasteiger charge is -2.20. The highest BCUT2D eigenvalue weighted by Crippen LogP contribution is 2.19. The number of aryl methyl sites for hydroxylation is 2. The Morgan fingerprint density at radius 3 is 2.52 bits per heavy atom. The molecular formula is C21H24N4O2. The second-order valence-corrected chi connectivity index (χ2v) is 6.65. The van der Waals surface area contributed by atoms with Crippen LogP contribution in [0.1, 0.15) is 23.9 Å². The number of likely N-dealkylation sites (N-methyl/N-ethyl adjacent to an activating group) is 1. The van der Waals surface area contributed by atoms with Crippen molar-refractivity contribution in [2.45, 2.75) is 27.3 Å². The molecule has 0 saturated carbocycles. The maximum absolute atomic E-state index is 12.5. The number of benzene rings is 2. The van der Waals surface area contributed by atoms with E-state index in [2.05, 4.69) is 15.3 Å². The van der Waals surface area contributed by atoms with Gasteiger partial charge in [-0.15, -0.1) is 0 Å². The minimum Gasteiger partial charge on any atom is -0.324 e. The van der Waals surface area contributed by atoms with E-state index in [9.17, 15) is 9.59 Å². The first kappa shape index (κ1) is 18.8. The molecule has 0 unspecified atom stereocenters. The number of nitrogens with zero attached hydrogens (tertiary/aromatic N) is 2. The summed E-state index contributed by atoms with van der Waals surface area (Å²) in [6.07, 6.45) is 0. The molecule has 0 bridgehead atoms. The van der Waals surface area contributed by atoms with Gasteiger partial charge >= 0.3 is 0 Å². The number of H-pyrrole nitrogens is 1. The minimum absolute atomic E-state index is 0.0858. The van der Waals surface area contributed by atoms with Gasteiger partial charge in [-0.2, -0.15) is 0 Å². The van der Waals surface area contributed by atoms with Crippen LogP contribution in [0.15, 0.2) is 47.3 Å². The first-order valence-corrected chi connectivity index (χ1v) is 9.04. The Morgan fingerprint density at radius 2 is 1.81 bits per heavy atom. The Morgan fingerprint density at radius 1 is 1.11 bits per heavy atom. The third-order valence-electron chi connectivity index (χ3n) is 4.60. The number of aromatic nitrogens is 2. The Balaban J connectivity index is 1.72. The second-order valence-electron chi connectivity index (χ2n) is 6.65. The molecule has 2 aromatic carbocycles. The summed E-state index contributed by atoms with van der Waals surface area (Å²) in [5.74, 6) is 0.470. The lowest BCUT2D eigenvalue weighted by atomic mass is 10.1. The number of aromatic amines is 1. The molecule has 1 amide bonds. The van der Waals surface area contributed by atoms with Gasteiger partial charge in [0.1, 0.15) is 5.82 Å². The monoisotopic (exact) mass is 364 g/mol. The van der Waals surface area contributed by atoms with Crippen LogP contribution in [-0.4, -0.2) is 33.9 Å². The third kappa shape index (κ3) is 4.41. The lowest BCUT2D eigenvalue weighted by Crippen LogP contribution is -2.34. The van der Waals surface area contributed by atoms with Crippen LogP contribution in [-0.2, 0) is 11.3 Å². The fraction of sp³-hybridized carbons (Fsp3) is 0.286. The smallest absolute Gasteiger partial charge is 0.258 e. The molecule has 6 heteroatoms. The summed E-state index contributed by atoms with van der Waals surface area (Å²) < 4.78 is 0. The molecule has 3 aromatic rings. The highest BCUT2D eigenvalue weighted by Gasteiger charge is 2.14. The summed E-state index contributed by atoms with van der Waals surface area (Å²) in [6.45, 7) is 7.22. The van der Waals surface area contributed by atoms with Crippen LogP contribution in [0.4, 0.5) is 5.69 Å². The van der Waals surface area contributed by atoms with Crippen molar-refractivity contribution in [1.82, 2.24) is 14.9 Å². The summed E-state index contributed by atoms with van der Waals surface area (Å²) >= 11 is 0. The molecule has 0 aliphatic rings. The molecule has 27 heavy (non-hydrogen) atoms. The predicted molar refractivity (Wildman–Crippen MR) is 108 cm³/mol. The van der Waals surface area contributed by atoms with Crippen molar-refractivity contribution < 1.29 is 4.79 Å². The number of carbonyl (C=O) groups excluding carboxylic acids is 1. The zero-order chi connectivity index (χ0) is 19.4. The quantitative estimate of drug-likeness (QED) is 0.705. The molecule has 0 aliphatic carbocycles. The number of hydrogen-bond donors (Lipinski definition) is 2. The van der Waals surface area contributed by atoms with E-state index in [0.717, 1.165) is 16.8 Å². The normalized spacial score (nSPS) is 11.1. The first-order chi connectivity index (χ1) is 13.0. The Kier molecular flexibility index (Phi) is 5.66. The third-order valence-corrected chi connectivity index (χ3v) is 4.60. The first-order valence-electron chi connectivity index (χ1n) is 9.04. The van der Waals surface area contributed by atoms with Crippen LogP contribution >= 0.6 is 0 Å². The number of hydrogen-bond acceptors (Lipinski definition) is 4. The van der Waals surface area contributed by atoms with Crippen molar-refractivity contribution >= 4 is 22.5 Å². The van der Waals surface area contributed by atoms with Crippen molar-refractivity contribution in [3.05, 3.63) is 69.8 Å². The Hall–Kier alpha value is -2.99. The van der Waals surface area contributed by atoms with Gasteiger partial charge in [0.2, 0.25) is 5.91 Å². The van der Waals surface area contributed by atoms with Crippen LogP contribution < -0.4 is 10.9 Å². The number of rotatable bonds is 6. The molecule has 0 radical (unpaired) electrons. The largest absolute Gasteiger partial charge is 0.324 e. The van der Waals surface area contributed by atoms with E-state index in [1.165, 1.54) is 0 Å². The summed E-state index contributed by atoms with van der Waals surface area (Å²) in [7, 11) is 0. The average Bonchev–Trinajstić information content (AvgIpc) is 2.64. The second kappa shape index (κ2) is 8.14. The van der Waals surface area contributed by atoms with Gasteiger partial charge in [-0.1, -0.05) is 37.3 Å². The number of anilines is 1.